The molecule has 0 spiro atoms. The van der Waals surface area contributed by atoms with Crippen molar-refractivity contribution in [3.05, 3.63) is 78.2 Å². The smallest absolute Gasteiger partial charge is 0.263 e. The number of nitrogens with one attached hydrogen (secondary N) is 1. The molecule has 36 heavy (non-hydrogen) atoms. The van der Waals surface area contributed by atoms with Crippen molar-refractivity contribution >= 4 is 27.4 Å². The van der Waals surface area contributed by atoms with Crippen molar-refractivity contribution in [1.29, 1.82) is 0 Å². The molecule has 8 nitrogen and oxygen atoms in total. The number of sulfonamides is 1. The molecule has 0 aliphatic carbocycles. The van der Waals surface area contributed by atoms with Crippen LogP contribution >= 0.6 is 0 Å². The maximum Gasteiger partial charge on any atom is 0.263 e. The number of hydrogen-bond acceptors (Lipinski definition) is 6. The molecule has 1 aliphatic rings. The van der Waals surface area contributed by atoms with Gasteiger partial charge < -0.3 is 9.80 Å². The van der Waals surface area contributed by atoms with Gasteiger partial charge in [0.25, 0.3) is 10.0 Å². The average Bonchev–Trinajstić information content (AvgIpc) is 2.88. The molecule has 1 aliphatic heterocycles. The summed E-state index contributed by atoms with van der Waals surface area (Å²) in [5.74, 6) is 0.781. The van der Waals surface area contributed by atoms with Gasteiger partial charge in [-0.25, -0.2) is 18.4 Å². The highest BCUT2D eigenvalue weighted by Crippen LogP contribution is 2.24. The van der Waals surface area contributed by atoms with Crippen molar-refractivity contribution in [2.45, 2.75) is 38.0 Å². The molecule has 0 unspecified atom stereocenters. The minimum absolute atomic E-state index is 0. The molecule has 0 radical (unpaired) electrons. The highest BCUT2D eigenvalue weighted by atomic mass is 32.2. The molecule has 4 rings (SSSR count). The first-order valence-electron chi connectivity index (χ1n) is 12.2. The largest absolute Gasteiger partial charge is 0.368 e. The van der Waals surface area contributed by atoms with Crippen molar-refractivity contribution in [3.8, 4) is 0 Å². The SMILES string of the molecule is CC(C)Cc1ccc([C@@H](C)C(=O)N2CCN(c3ccc(S(=O)(=O)Nc4ccncn4)cc3)CC2)cc1.[HH]. The van der Waals surface area contributed by atoms with E-state index < -0.39 is 10.0 Å². The van der Waals surface area contributed by atoms with E-state index in [1.165, 1.54) is 24.2 Å². The van der Waals surface area contributed by atoms with Crippen molar-refractivity contribution in [1.82, 2.24) is 14.9 Å². The number of carbonyl (C=O) groups is 1. The minimum Gasteiger partial charge on any atom is -0.368 e. The van der Waals surface area contributed by atoms with Gasteiger partial charge in [-0.1, -0.05) is 38.1 Å². The van der Waals surface area contributed by atoms with Crippen molar-refractivity contribution < 1.29 is 14.6 Å². The fourth-order valence-corrected chi connectivity index (χ4v) is 5.41. The van der Waals surface area contributed by atoms with Gasteiger partial charge in [-0.15, -0.1) is 0 Å². The number of aromatic nitrogens is 2. The second-order valence-corrected chi connectivity index (χ2v) is 11.2. The number of piperazine rings is 1. The summed E-state index contributed by atoms with van der Waals surface area (Å²) >= 11 is 0. The number of carbonyl (C=O) groups excluding carboxylic acids is 1. The van der Waals surface area contributed by atoms with E-state index in [4.69, 9.17) is 0 Å². The van der Waals surface area contributed by atoms with E-state index in [0.29, 0.717) is 32.1 Å². The summed E-state index contributed by atoms with van der Waals surface area (Å²) in [6.07, 6.45) is 3.80. The Morgan fingerprint density at radius 3 is 2.22 bits per heavy atom. The number of nitrogens with zero attached hydrogens (tertiary/aromatic N) is 4. The standard InChI is InChI=1S/C27H33N5O3S.H2/c1-20(2)18-22-4-6-23(7-5-22)21(3)27(33)32-16-14-31(15-17-32)24-8-10-25(11-9-24)36(34,35)30-26-12-13-28-19-29-26;/h4-13,19-21H,14-18H2,1-3H3,(H,28,29,30);1H/t21-;/m1./s1. The fraction of sp³-hybridized carbons (Fsp3) is 0.370. The molecule has 1 aromatic heterocycles. The van der Waals surface area contributed by atoms with Crippen LogP contribution in [0.4, 0.5) is 11.5 Å². The molecule has 0 bridgehead atoms. The van der Waals surface area contributed by atoms with Crippen LogP contribution in [0.15, 0.2) is 72.0 Å². The van der Waals surface area contributed by atoms with Crippen LogP contribution in [0.2, 0.25) is 0 Å². The van der Waals surface area contributed by atoms with Crippen molar-refractivity contribution in [2.75, 3.05) is 35.8 Å². The monoisotopic (exact) mass is 509 g/mol. The quantitative estimate of drug-likeness (QED) is 0.490. The van der Waals surface area contributed by atoms with Gasteiger partial charge in [0.15, 0.2) is 0 Å². The first kappa shape index (κ1) is 25.6. The Bertz CT molecular complexity index is 1260. The Morgan fingerprint density at radius 1 is 0.972 bits per heavy atom. The summed E-state index contributed by atoms with van der Waals surface area (Å²) in [6, 6.07) is 16.7. The molecule has 2 heterocycles. The summed E-state index contributed by atoms with van der Waals surface area (Å²) < 4.78 is 27.7. The fourth-order valence-electron chi connectivity index (χ4n) is 4.40. The molecule has 0 saturated carbocycles. The number of amides is 1. The third-order valence-electron chi connectivity index (χ3n) is 6.42. The molecule has 1 amide bonds. The second kappa shape index (κ2) is 11.1. The molecule has 1 N–H and O–H groups in total. The van der Waals surface area contributed by atoms with Crippen LogP contribution in [0.3, 0.4) is 0 Å². The molecule has 3 aromatic rings. The summed E-state index contributed by atoms with van der Waals surface area (Å²) in [7, 11) is -3.74. The maximum absolute atomic E-state index is 13.1. The molecule has 192 valence electrons. The lowest BCUT2D eigenvalue weighted by Gasteiger charge is -2.37. The summed E-state index contributed by atoms with van der Waals surface area (Å²) in [6.45, 7) is 9.02. The van der Waals surface area contributed by atoms with Crippen LogP contribution in [-0.4, -0.2) is 55.4 Å². The van der Waals surface area contributed by atoms with E-state index >= 15 is 0 Å². The molecule has 1 fully saturated rings. The normalized spacial score (nSPS) is 15.1. The number of anilines is 2. The Hall–Kier alpha value is -3.46. The van der Waals surface area contributed by atoms with E-state index in [1.54, 1.807) is 24.3 Å². The van der Waals surface area contributed by atoms with E-state index in [-0.39, 0.29) is 24.0 Å². The highest BCUT2D eigenvalue weighted by Gasteiger charge is 2.26. The predicted octanol–water partition coefficient (Wildman–Crippen LogP) is 4.17. The van der Waals surface area contributed by atoms with E-state index in [1.807, 2.05) is 11.8 Å². The zero-order valence-electron chi connectivity index (χ0n) is 21.0. The first-order chi connectivity index (χ1) is 17.2. The van der Waals surface area contributed by atoms with Crippen LogP contribution < -0.4 is 9.62 Å². The van der Waals surface area contributed by atoms with Gasteiger partial charge in [-0.05, 0) is 60.7 Å². The van der Waals surface area contributed by atoms with Gasteiger partial charge in [-0.3, -0.25) is 9.52 Å². The third kappa shape index (κ3) is 6.20. The lowest BCUT2D eigenvalue weighted by Crippen LogP contribution is -2.49. The van der Waals surface area contributed by atoms with Crippen molar-refractivity contribution in [2.24, 2.45) is 5.92 Å². The van der Waals surface area contributed by atoms with Crippen LogP contribution in [0.25, 0.3) is 0 Å². The Kier molecular flexibility index (Phi) is 7.88. The van der Waals surface area contributed by atoms with E-state index in [2.05, 4.69) is 57.7 Å². The Morgan fingerprint density at radius 2 is 1.64 bits per heavy atom. The van der Waals surface area contributed by atoms with Gasteiger partial charge >= 0.3 is 0 Å². The minimum atomic E-state index is -3.74. The topological polar surface area (TPSA) is 95.5 Å². The summed E-state index contributed by atoms with van der Waals surface area (Å²) in [4.78, 5) is 25.1. The zero-order valence-corrected chi connectivity index (χ0v) is 21.8. The summed E-state index contributed by atoms with van der Waals surface area (Å²) in [5.41, 5.74) is 3.27. The van der Waals surface area contributed by atoms with E-state index in [0.717, 1.165) is 17.7 Å². The predicted molar refractivity (Wildman–Crippen MR) is 144 cm³/mol. The Labute approximate surface area is 214 Å². The summed E-state index contributed by atoms with van der Waals surface area (Å²) in [5, 5.41) is 0. The molecule has 1 atom stereocenters. The van der Waals surface area contributed by atoms with Crippen LogP contribution in [0.5, 0.6) is 0 Å². The van der Waals surface area contributed by atoms with Crippen LogP contribution in [0.1, 0.15) is 39.2 Å². The highest BCUT2D eigenvalue weighted by molar-refractivity contribution is 7.92. The second-order valence-electron chi connectivity index (χ2n) is 9.57. The zero-order chi connectivity index (χ0) is 25.7. The first-order valence-corrected chi connectivity index (χ1v) is 13.7. The molecule has 9 heteroatoms. The molecule has 1 saturated heterocycles. The number of rotatable bonds is 8. The third-order valence-corrected chi connectivity index (χ3v) is 7.79. The Balaban J connectivity index is 0.00000380. The van der Waals surface area contributed by atoms with Crippen LogP contribution in [-0.2, 0) is 21.2 Å². The van der Waals surface area contributed by atoms with Gasteiger partial charge in [0.05, 0.1) is 10.8 Å². The van der Waals surface area contributed by atoms with Gasteiger partial charge in [0.2, 0.25) is 5.91 Å². The number of hydrogen-bond donors (Lipinski definition) is 1. The number of benzene rings is 2. The van der Waals surface area contributed by atoms with Gasteiger partial charge in [0.1, 0.15) is 12.1 Å². The van der Waals surface area contributed by atoms with E-state index in [9.17, 15) is 13.2 Å². The van der Waals surface area contributed by atoms with Gasteiger partial charge in [0, 0.05) is 39.5 Å². The van der Waals surface area contributed by atoms with Crippen LogP contribution in [0, 0.1) is 5.92 Å². The average molecular weight is 510 g/mol. The lowest BCUT2D eigenvalue weighted by atomic mass is 9.95. The van der Waals surface area contributed by atoms with Crippen molar-refractivity contribution in [3.63, 3.8) is 0 Å². The van der Waals surface area contributed by atoms with Gasteiger partial charge in [-0.2, -0.15) is 0 Å². The lowest BCUT2D eigenvalue weighted by molar-refractivity contribution is -0.132. The maximum atomic E-state index is 13.1. The molecule has 2 aromatic carbocycles. The molecular formula is C27H35N5O3S. The molecular weight excluding hydrogens is 474 g/mol.